The molecule has 0 radical (unpaired) electrons. The molecule has 1 aromatic heterocycles. The first-order chi connectivity index (χ1) is 18.0. The van der Waals surface area contributed by atoms with E-state index in [1.807, 2.05) is 18.2 Å². The minimum Gasteiger partial charge on any atom is -0.479 e. The molecule has 37 heavy (non-hydrogen) atoms. The van der Waals surface area contributed by atoms with Crippen LogP contribution in [0, 0.1) is 0 Å². The summed E-state index contributed by atoms with van der Waals surface area (Å²) in [5.74, 6) is -1.16. The SMILES string of the molecule is COC(C(=O)O)C(Sc1ccc(C(=O)O)cc1)c1cccnc1SCCCCCCCc1ccccc1. The van der Waals surface area contributed by atoms with Crippen LogP contribution in [0.15, 0.2) is 82.8 Å². The van der Waals surface area contributed by atoms with Gasteiger partial charge in [-0.15, -0.1) is 23.5 Å². The van der Waals surface area contributed by atoms with E-state index in [1.54, 1.807) is 30.1 Å². The number of aromatic carboxylic acids is 1. The second-order valence-corrected chi connectivity index (χ2v) is 10.9. The highest BCUT2D eigenvalue weighted by atomic mass is 32.2. The lowest BCUT2D eigenvalue weighted by atomic mass is 10.1. The molecule has 3 aromatic rings. The van der Waals surface area contributed by atoms with Gasteiger partial charge in [-0.05, 0) is 60.9 Å². The van der Waals surface area contributed by atoms with Gasteiger partial charge in [0.15, 0.2) is 6.10 Å². The van der Waals surface area contributed by atoms with Crippen LogP contribution in [0.25, 0.3) is 0 Å². The molecule has 2 atom stereocenters. The van der Waals surface area contributed by atoms with Crippen LogP contribution in [-0.4, -0.2) is 46.1 Å². The number of aryl methyl sites for hydroxylation is 1. The number of methoxy groups -OCH3 is 1. The smallest absolute Gasteiger partial charge is 0.335 e. The Kier molecular flexibility index (Phi) is 12.0. The Morgan fingerprint density at radius 2 is 1.59 bits per heavy atom. The molecule has 0 spiro atoms. The molecule has 2 unspecified atom stereocenters. The predicted octanol–water partition coefficient (Wildman–Crippen LogP) is 7.00. The Labute approximate surface area is 226 Å². The van der Waals surface area contributed by atoms with Crippen molar-refractivity contribution in [3.63, 3.8) is 0 Å². The van der Waals surface area contributed by atoms with E-state index < -0.39 is 23.3 Å². The minimum atomic E-state index is -1.09. The topological polar surface area (TPSA) is 96.7 Å². The summed E-state index contributed by atoms with van der Waals surface area (Å²) in [7, 11) is 1.39. The first kappa shape index (κ1) is 28.8. The van der Waals surface area contributed by atoms with Crippen LogP contribution in [-0.2, 0) is 16.0 Å². The number of carboxylic acid groups (broad SMARTS) is 2. The molecule has 1 heterocycles. The number of unbranched alkanes of at least 4 members (excludes halogenated alkanes) is 4. The molecule has 8 heteroatoms. The zero-order chi connectivity index (χ0) is 26.5. The molecule has 0 fully saturated rings. The highest BCUT2D eigenvalue weighted by Gasteiger charge is 2.32. The fourth-order valence-electron chi connectivity index (χ4n) is 3.98. The Bertz CT molecular complexity index is 1120. The van der Waals surface area contributed by atoms with Gasteiger partial charge in [0.2, 0.25) is 0 Å². The van der Waals surface area contributed by atoms with Crippen molar-refractivity contribution in [2.45, 2.75) is 59.8 Å². The Hall–Kier alpha value is -2.81. The Morgan fingerprint density at radius 1 is 0.892 bits per heavy atom. The van der Waals surface area contributed by atoms with Crippen molar-refractivity contribution < 1.29 is 24.5 Å². The normalized spacial score (nSPS) is 12.7. The van der Waals surface area contributed by atoms with Gasteiger partial charge >= 0.3 is 11.9 Å². The minimum absolute atomic E-state index is 0.181. The van der Waals surface area contributed by atoms with Crippen LogP contribution in [0.5, 0.6) is 0 Å². The van der Waals surface area contributed by atoms with Gasteiger partial charge in [0.1, 0.15) is 5.03 Å². The quantitative estimate of drug-likeness (QED) is 0.148. The van der Waals surface area contributed by atoms with E-state index in [0.717, 1.165) is 40.5 Å². The third-order valence-electron chi connectivity index (χ3n) is 5.94. The van der Waals surface area contributed by atoms with Crippen LogP contribution in [0.3, 0.4) is 0 Å². The molecule has 0 aliphatic carbocycles. The maximum Gasteiger partial charge on any atom is 0.335 e. The first-order valence-electron chi connectivity index (χ1n) is 12.4. The molecule has 196 valence electrons. The van der Waals surface area contributed by atoms with E-state index >= 15 is 0 Å². The van der Waals surface area contributed by atoms with Gasteiger partial charge in [-0.25, -0.2) is 14.6 Å². The lowest BCUT2D eigenvalue weighted by Crippen LogP contribution is -2.28. The van der Waals surface area contributed by atoms with Crippen LogP contribution >= 0.6 is 23.5 Å². The second kappa shape index (κ2) is 15.4. The summed E-state index contributed by atoms with van der Waals surface area (Å²) >= 11 is 2.98. The van der Waals surface area contributed by atoms with Gasteiger partial charge in [-0.3, -0.25) is 0 Å². The van der Waals surface area contributed by atoms with Gasteiger partial charge in [0.05, 0.1) is 10.8 Å². The summed E-state index contributed by atoms with van der Waals surface area (Å²) in [6.07, 6.45) is 7.57. The van der Waals surface area contributed by atoms with Crippen molar-refractivity contribution in [2.24, 2.45) is 0 Å². The summed E-state index contributed by atoms with van der Waals surface area (Å²) in [5, 5.41) is 19.3. The van der Waals surface area contributed by atoms with Gasteiger partial charge in [-0.1, -0.05) is 55.7 Å². The number of ether oxygens (including phenoxy) is 1. The van der Waals surface area contributed by atoms with E-state index in [2.05, 4.69) is 29.2 Å². The number of nitrogens with zero attached hydrogens (tertiary/aromatic N) is 1. The Morgan fingerprint density at radius 3 is 2.27 bits per heavy atom. The molecule has 0 amide bonds. The zero-order valence-corrected chi connectivity index (χ0v) is 22.5. The number of hydrogen-bond acceptors (Lipinski definition) is 6. The highest BCUT2D eigenvalue weighted by Crippen LogP contribution is 2.42. The van der Waals surface area contributed by atoms with Gasteiger partial charge < -0.3 is 14.9 Å². The molecular formula is C29H33NO5S2. The molecular weight excluding hydrogens is 506 g/mol. The summed E-state index contributed by atoms with van der Waals surface area (Å²) in [4.78, 5) is 28.5. The average molecular weight is 540 g/mol. The Balaban J connectivity index is 1.58. The summed E-state index contributed by atoms with van der Waals surface area (Å²) in [6, 6.07) is 20.7. The molecule has 2 N–H and O–H groups in total. The highest BCUT2D eigenvalue weighted by molar-refractivity contribution is 8.00. The van der Waals surface area contributed by atoms with Crippen LogP contribution < -0.4 is 0 Å². The summed E-state index contributed by atoms with van der Waals surface area (Å²) in [6.45, 7) is 0. The first-order valence-corrected chi connectivity index (χ1v) is 14.2. The standard InChI is InChI=1S/C29H33NO5S2/c1-35-25(29(33)34)26(37-23-17-15-22(16-18-23)28(31)32)24-14-10-19-30-27(24)36-20-9-4-2-3-6-11-21-12-7-5-8-13-21/h5,7-8,10,12-19,25-26H,2-4,6,9,11,20H2,1H3,(H,31,32)(H,33,34). The predicted molar refractivity (Wildman–Crippen MR) is 149 cm³/mol. The van der Waals surface area contributed by atoms with Crippen molar-refractivity contribution in [1.82, 2.24) is 4.98 Å². The number of rotatable bonds is 16. The molecule has 0 saturated carbocycles. The number of hydrogen-bond donors (Lipinski definition) is 2. The number of benzene rings is 2. The molecule has 0 aliphatic heterocycles. The third-order valence-corrected chi connectivity index (χ3v) is 8.34. The van der Waals surface area contributed by atoms with E-state index in [4.69, 9.17) is 9.84 Å². The van der Waals surface area contributed by atoms with Crippen molar-refractivity contribution in [2.75, 3.05) is 12.9 Å². The number of thioether (sulfide) groups is 2. The molecule has 6 nitrogen and oxygen atoms in total. The molecule has 0 aliphatic rings. The van der Waals surface area contributed by atoms with Crippen molar-refractivity contribution >= 4 is 35.5 Å². The van der Waals surface area contributed by atoms with Crippen molar-refractivity contribution in [3.05, 3.63) is 89.6 Å². The lowest BCUT2D eigenvalue weighted by molar-refractivity contribution is -0.148. The van der Waals surface area contributed by atoms with E-state index in [9.17, 15) is 14.7 Å². The second-order valence-electron chi connectivity index (χ2n) is 8.61. The van der Waals surface area contributed by atoms with E-state index in [0.29, 0.717) is 0 Å². The third kappa shape index (κ3) is 9.22. The van der Waals surface area contributed by atoms with Gasteiger partial charge in [-0.2, -0.15) is 0 Å². The number of aromatic nitrogens is 1. The molecule has 2 aromatic carbocycles. The van der Waals surface area contributed by atoms with Crippen molar-refractivity contribution in [1.29, 1.82) is 0 Å². The number of pyridine rings is 1. The average Bonchev–Trinajstić information content (AvgIpc) is 2.91. The van der Waals surface area contributed by atoms with E-state index in [1.165, 1.54) is 55.8 Å². The summed E-state index contributed by atoms with van der Waals surface area (Å²) in [5.41, 5.74) is 2.37. The van der Waals surface area contributed by atoms with E-state index in [-0.39, 0.29) is 5.56 Å². The van der Waals surface area contributed by atoms with Crippen LogP contribution in [0.1, 0.15) is 58.8 Å². The zero-order valence-electron chi connectivity index (χ0n) is 20.9. The summed E-state index contributed by atoms with van der Waals surface area (Å²) < 4.78 is 5.38. The van der Waals surface area contributed by atoms with Crippen LogP contribution in [0.4, 0.5) is 0 Å². The van der Waals surface area contributed by atoms with Gasteiger partial charge in [0, 0.05) is 23.8 Å². The maximum absolute atomic E-state index is 12.0. The van der Waals surface area contributed by atoms with Crippen LogP contribution in [0.2, 0.25) is 0 Å². The van der Waals surface area contributed by atoms with Gasteiger partial charge in [0.25, 0.3) is 0 Å². The number of carbonyl (C=O) groups is 2. The largest absolute Gasteiger partial charge is 0.479 e. The molecule has 0 saturated heterocycles. The maximum atomic E-state index is 12.0. The molecule has 0 bridgehead atoms. The number of carboxylic acids is 2. The fraction of sp³-hybridized carbons (Fsp3) is 0.345. The monoisotopic (exact) mass is 539 g/mol. The number of aliphatic carboxylic acids is 1. The fourth-order valence-corrected chi connectivity index (χ4v) is 6.35. The lowest BCUT2D eigenvalue weighted by Gasteiger charge is -2.24. The molecule has 3 rings (SSSR count). The van der Waals surface area contributed by atoms with Crippen molar-refractivity contribution in [3.8, 4) is 0 Å².